The van der Waals surface area contributed by atoms with Crippen LogP contribution in [0.15, 0.2) is 47.6 Å². The number of piperazine rings is 1. The van der Waals surface area contributed by atoms with Crippen LogP contribution < -0.4 is 14.5 Å². The molecule has 0 atom stereocenters. The number of amides is 2. The first-order valence-corrected chi connectivity index (χ1v) is 11.2. The first-order chi connectivity index (χ1) is 14.7. The highest BCUT2D eigenvalue weighted by atomic mass is 32.2. The maximum atomic E-state index is 12.7. The number of fused-ring (bicyclic) bond motifs is 1. The van der Waals surface area contributed by atoms with Crippen molar-refractivity contribution in [2.45, 2.75) is 17.9 Å². The Labute approximate surface area is 181 Å². The van der Waals surface area contributed by atoms with Gasteiger partial charge < -0.3 is 19.4 Å². The van der Waals surface area contributed by atoms with Crippen LogP contribution in [0.5, 0.6) is 5.75 Å². The molecule has 1 aromatic carbocycles. The third-order valence-electron chi connectivity index (χ3n) is 5.52. The average molecular weight is 427 g/mol. The van der Waals surface area contributed by atoms with E-state index < -0.39 is 0 Å². The number of carbonyl (C=O) groups is 2. The molecule has 1 fully saturated rings. The standard InChI is InChI=1S/C22H26N4O3S/c1-29-18-8-6-17(7-9-18)24-12-14-25(15-13-24)20(27)5-3-11-26-19-4-2-10-23-22(19)30-16-21(26)28/h2,4,6-10H,3,5,11-16H2,1H3. The van der Waals surface area contributed by atoms with Crippen LogP contribution in [0.4, 0.5) is 11.4 Å². The number of carbonyl (C=O) groups excluding carboxylic acids is 2. The number of aromatic nitrogens is 1. The van der Waals surface area contributed by atoms with Gasteiger partial charge in [0, 0.05) is 51.0 Å². The molecular weight excluding hydrogens is 400 g/mol. The second kappa shape index (κ2) is 9.38. The zero-order valence-corrected chi connectivity index (χ0v) is 17.9. The Bertz CT molecular complexity index is 898. The van der Waals surface area contributed by atoms with E-state index in [4.69, 9.17) is 4.74 Å². The van der Waals surface area contributed by atoms with E-state index >= 15 is 0 Å². The van der Waals surface area contributed by atoms with Crippen LogP contribution in [0.2, 0.25) is 0 Å². The quantitative estimate of drug-likeness (QED) is 0.708. The third-order valence-corrected chi connectivity index (χ3v) is 6.50. The minimum absolute atomic E-state index is 0.0843. The van der Waals surface area contributed by atoms with Gasteiger partial charge in [0.25, 0.3) is 0 Å². The van der Waals surface area contributed by atoms with Crippen LogP contribution in [0.1, 0.15) is 12.8 Å². The fraction of sp³-hybridized carbons (Fsp3) is 0.409. The van der Waals surface area contributed by atoms with Crippen molar-refractivity contribution in [3.05, 3.63) is 42.6 Å². The fourth-order valence-corrected chi connectivity index (χ4v) is 4.72. The summed E-state index contributed by atoms with van der Waals surface area (Å²) < 4.78 is 5.21. The number of methoxy groups -OCH3 is 1. The molecular formula is C22H26N4O3S. The molecule has 2 amide bonds. The maximum absolute atomic E-state index is 12.7. The highest BCUT2D eigenvalue weighted by Gasteiger charge is 2.26. The van der Waals surface area contributed by atoms with E-state index in [1.807, 2.05) is 29.2 Å². The Balaban J connectivity index is 1.25. The average Bonchev–Trinajstić information content (AvgIpc) is 2.80. The Morgan fingerprint density at radius 3 is 2.63 bits per heavy atom. The van der Waals surface area contributed by atoms with Crippen molar-refractivity contribution in [3.63, 3.8) is 0 Å². The van der Waals surface area contributed by atoms with Crippen LogP contribution in [0, 0.1) is 0 Å². The van der Waals surface area contributed by atoms with E-state index in [-0.39, 0.29) is 11.8 Å². The second-order valence-electron chi connectivity index (χ2n) is 7.33. The first kappa shape index (κ1) is 20.5. The van der Waals surface area contributed by atoms with E-state index in [1.54, 1.807) is 18.2 Å². The van der Waals surface area contributed by atoms with Crippen molar-refractivity contribution in [1.82, 2.24) is 9.88 Å². The molecule has 1 aromatic heterocycles. The van der Waals surface area contributed by atoms with Crippen molar-refractivity contribution in [1.29, 1.82) is 0 Å². The largest absolute Gasteiger partial charge is 0.497 e. The molecule has 158 valence electrons. The summed E-state index contributed by atoms with van der Waals surface area (Å²) in [6.07, 6.45) is 2.85. The summed E-state index contributed by atoms with van der Waals surface area (Å²) in [5.41, 5.74) is 2.01. The van der Waals surface area contributed by atoms with Gasteiger partial charge in [-0.2, -0.15) is 0 Å². The lowest BCUT2D eigenvalue weighted by molar-refractivity contribution is -0.131. The van der Waals surface area contributed by atoms with Gasteiger partial charge in [-0.1, -0.05) is 11.8 Å². The summed E-state index contributed by atoms with van der Waals surface area (Å²) in [5, 5.41) is 0.887. The van der Waals surface area contributed by atoms with Crippen LogP contribution in [-0.2, 0) is 9.59 Å². The van der Waals surface area contributed by atoms with Crippen molar-refractivity contribution < 1.29 is 14.3 Å². The smallest absolute Gasteiger partial charge is 0.237 e. The molecule has 0 N–H and O–H groups in total. The summed E-state index contributed by atoms with van der Waals surface area (Å²) in [6, 6.07) is 11.8. The van der Waals surface area contributed by atoms with Gasteiger partial charge in [-0.15, -0.1) is 0 Å². The zero-order valence-electron chi connectivity index (χ0n) is 17.1. The summed E-state index contributed by atoms with van der Waals surface area (Å²) in [6.45, 7) is 3.63. The molecule has 0 bridgehead atoms. The zero-order chi connectivity index (χ0) is 20.9. The van der Waals surface area contributed by atoms with Crippen molar-refractivity contribution >= 4 is 35.0 Å². The number of nitrogens with zero attached hydrogens (tertiary/aromatic N) is 4. The van der Waals surface area contributed by atoms with Gasteiger partial charge in [0.2, 0.25) is 11.8 Å². The number of ether oxygens (including phenoxy) is 1. The number of rotatable bonds is 6. The van der Waals surface area contributed by atoms with E-state index in [1.165, 1.54) is 11.8 Å². The molecule has 0 saturated carbocycles. The van der Waals surface area contributed by atoms with E-state index in [2.05, 4.69) is 22.0 Å². The van der Waals surface area contributed by atoms with Gasteiger partial charge in [-0.3, -0.25) is 9.59 Å². The molecule has 8 heteroatoms. The number of thioether (sulfide) groups is 1. The molecule has 3 heterocycles. The molecule has 7 nitrogen and oxygen atoms in total. The predicted molar refractivity (Wildman–Crippen MR) is 118 cm³/mol. The minimum atomic E-state index is 0.0843. The minimum Gasteiger partial charge on any atom is -0.497 e. The van der Waals surface area contributed by atoms with Gasteiger partial charge in [0.15, 0.2) is 0 Å². The van der Waals surface area contributed by atoms with Gasteiger partial charge in [-0.05, 0) is 42.8 Å². The van der Waals surface area contributed by atoms with Gasteiger partial charge in [0.1, 0.15) is 10.8 Å². The normalized spacial score (nSPS) is 16.4. The summed E-state index contributed by atoms with van der Waals surface area (Å²) in [5.74, 6) is 1.50. The number of hydrogen-bond donors (Lipinski definition) is 0. The van der Waals surface area contributed by atoms with Crippen LogP contribution >= 0.6 is 11.8 Å². The third kappa shape index (κ3) is 4.53. The second-order valence-corrected chi connectivity index (χ2v) is 8.30. The SMILES string of the molecule is COc1ccc(N2CCN(C(=O)CCCN3C(=O)CSc4ncccc43)CC2)cc1. The van der Waals surface area contributed by atoms with Gasteiger partial charge in [0.05, 0.1) is 18.6 Å². The molecule has 30 heavy (non-hydrogen) atoms. The Hall–Kier alpha value is -2.74. The molecule has 0 aliphatic carbocycles. The lowest BCUT2D eigenvalue weighted by atomic mass is 10.2. The molecule has 0 unspecified atom stereocenters. The molecule has 0 spiro atoms. The predicted octanol–water partition coefficient (Wildman–Crippen LogP) is 2.66. The molecule has 4 rings (SSSR count). The Morgan fingerprint density at radius 2 is 1.90 bits per heavy atom. The van der Waals surface area contributed by atoms with Gasteiger partial charge in [-0.25, -0.2) is 4.98 Å². The lowest BCUT2D eigenvalue weighted by Crippen LogP contribution is -2.49. The highest BCUT2D eigenvalue weighted by molar-refractivity contribution is 8.00. The molecule has 2 aliphatic rings. The number of benzene rings is 1. The molecule has 1 saturated heterocycles. The Morgan fingerprint density at radius 1 is 1.13 bits per heavy atom. The van der Waals surface area contributed by atoms with Crippen LogP contribution in [0.3, 0.4) is 0 Å². The highest BCUT2D eigenvalue weighted by Crippen LogP contribution is 2.33. The van der Waals surface area contributed by atoms with Crippen molar-refractivity contribution in [3.8, 4) is 5.75 Å². The number of pyridine rings is 1. The Kier molecular flexibility index (Phi) is 6.42. The number of hydrogen-bond acceptors (Lipinski definition) is 6. The molecule has 2 aromatic rings. The fourth-order valence-electron chi connectivity index (χ4n) is 3.84. The molecule has 2 aliphatic heterocycles. The van der Waals surface area contributed by atoms with Crippen LogP contribution in [0.25, 0.3) is 0 Å². The monoisotopic (exact) mass is 426 g/mol. The summed E-state index contributed by atoms with van der Waals surface area (Å²) in [7, 11) is 1.66. The maximum Gasteiger partial charge on any atom is 0.237 e. The lowest BCUT2D eigenvalue weighted by Gasteiger charge is -2.36. The van der Waals surface area contributed by atoms with Crippen LogP contribution in [-0.4, -0.2) is 67.3 Å². The molecule has 0 radical (unpaired) electrons. The van der Waals surface area contributed by atoms with E-state index in [0.717, 1.165) is 48.3 Å². The van der Waals surface area contributed by atoms with E-state index in [0.29, 0.717) is 25.1 Å². The van der Waals surface area contributed by atoms with E-state index in [9.17, 15) is 9.59 Å². The summed E-state index contributed by atoms with van der Waals surface area (Å²) in [4.78, 5) is 35.3. The topological polar surface area (TPSA) is 66.0 Å². The first-order valence-electron chi connectivity index (χ1n) is 10.2. The summed E-state index contributed by atoms with van der Waals surface area (Å²) >= 11 is 1.47. The van der Waals surface area contributed by atoms with Crippen molar-refractivity contribution in [2.24, 2.45) is 0 Å². The van der Waals surface area contributed by atoms with Crippen molar-refractivity contribution in [2.75, 3.05) is 55.4 Å². The number of anilines is 2. The van der Waals surface area contributed by atoms with Gasteiger partial charge >= 0.3 is 0 Å².